The van der Waals surface area contributed by atoms with Crippen molar-refractivity contribution < 1.29 is 40.3 Å². The summed E-state index contributed by atoms with van der Waals surface area (Å²) < 4.78 is 82.4. The number of amides is 2. The molecule has 0 heterocycles. The van der Waals surface area contributed by atoms with Gasteiger partial charge in [0.15, 0.2) is 0 Å². The lowest BCUT2D eigenvalue weighted by molar-refractivity contribution is -0.136. The number of hydrogen-bond acceptors (Lipinski definition) is 6. The van der Waals surface area contributed by atoms with Crippen LogP contribution < -0.4 is 11.1 Å². The Hall–Kier alpha value is -2.42. The third-order valence-electron chi connectivity index (χ3n) is 3.56. The molecule has 3 N–H and O–H groups in total. The van der Waals surface area contributed by atoms with Gasteiger partial charge in [0.25, 0.3) is 5.91 Å². The number of halogens is 4. The molecule has 0 saturated carbocycles. The molecule has 1 aromatic carbocycles. The van der Waals surface area contributed by atoms with Crippen molar-refractivity contribution in [2.24, 2.45) is 5.73 Å². The Labute approximate surface area is 186 Å². The summed E-state index contributed by atoms with van der Waals surface area (Å²) in [5.41, 5.74) is 4.65. The highest BCUT2D eigenvalue weighted by atomic mass is 32.3. The van der Waals surface area contributed by atoms with Crippen LogP contribution in [0.4, 0.5) is 17.6 Å². The van der Waals surface area contributed by atoms with E-state index in [1.54, 1.807) is 0 Å². The number of nitrogens with one attached hydrogen (secondary N) is 1. The molecule has 2 amide bonds. The van der Waals surface area contributed by atoms with Gasteiger partial charge in [0, 0.05) is 20.1 Å². The molecule has 0 saturated heterocycles. The molecule has 14 heteroatoms. The SMILES string of the molecule is C=C(NC(=O)c1ccccc1F)SC(=CCC(N)=O)S(=O)(=O)N(CCOC)CC(F)(F)F. The van der Waals surface area contributed by atoms with Gasteiger partial charge in [0.1, 0.15) is 16.6 Å². The molecule has 0 spiro atoms. The molecule has 0 aliphatic rings. The van der Waals surface area contributed by atoms with Crippen LogP contribution in [0.2, 0.25) is 0 Å². The van der Waals surface area contributed by atoms with Crippen LogP contribution in [-0.4, -0.2) is 57.5 Å². The molecular formula is C18H21F4N3O5S2. The van der Waals surface area contributed by atoms with Crippen molar-refractivity contribution in [1.29, 1.82) is 0 Å². The molecule has 32 heavy (non-hydrogen) atoms. The molecule has 8 nitrogen and oxygen atoms in total. The molecular weight excluding hydrogens is 478 g/mol. The average Bonchev–Trinajstić information content (AvgIpc) is 2.67. The molecule has 0 atom stereocenters. The number of sulfonamides is 1. The maximum absolute atomic E-state index is 13.8. The second-order valence-corrected chi connectivity index (χ2v) is 9.40. The van der Waals surface area contributed by atoms with Crippen LogP contribution in [0.15, 0.2) is 46.2 Å². The van der Waals surface area contributed by atoms with Gasteiger partial charge in [-0.15, -0.1) is 0 Å². The molecule has 0 aromatic heterocycles. The largest absolute Gasteiger partial charge is 0.402 e. The van der Waals surface area contributed by atoms with E-state index in [0.717, 1.165) is 12.1 Å². The minimum Gasteiger partial charge on any atom is -0.383 e. The van der Waals surface area contributed by atoms with Crippen LogP contribution in [0.5, 0.6) is 0 Å². The Morgan fingerprint density at radius 3 is 2.47 bits per heavy atom. The summed E-state index contributed by atoms with van der Waals surface area (Å²) in [5.74, 6) is -2.76. The number of nitrogens with zero attached hydrogens (tertiary/aromatic N) is 1. The van der Waals surface area contributed by atoms with Gasteiger partial charge in [0.05, 0.1) is 17.2 Å². The van der Waals surface area contributed by atoms with E-state index in [0.29, 0.717) is 0 Å². The van der Waals surface area contributed by atoms with E-state index in [1.165, 1.54) is 25.3 Å². The summed E-state index contributed by atoms with van der Waals surface area (Å²) in [6, 6.07) is 4.93. The fourth-order valence-corrected chi connectivity index (χ4v) is 4.95. The number of ether oxygens (including phenoxy) is 1. The highest BCUT2D eigenvalue weighted by Crippen LogP contribution is 2.32. The van der Waals surface area contributed by atoms with Crippen LogP contribution in [0.25, 0.3) is 0 Å². The summed E-state index contributed by atoms with van der Waals surface area (Å²) in [7, 11) is -3.63. The Morgan fingerprint density at radius 1 is 1.31 bits per heavy atom. The summed E-state index contributed by atoms with van der Waals surface area (Å²) in [5, 5.41) is 1.82. The molecule has 0 aliphatic heterocycles. The summed E-state index contributed by atoms with van der Waals surface area (Å²) in [6.07, 6.45) is -4.67. The normalized spacial score (nSPS) is 12.6. The van der Waals surface area contributed by atoms with Crippen LogP contribution in [0.3, 0.4) is 0 Å². The zero-order valence-corrected chi connectivity index (χ0v) is 18.4. The number of hydrogen-bond donors (Lipinski definition) is 2. The van der Waals surface area contributed by atoms with Gasteiger partial charge in [-0.05, 0) is 18.2 Å². The second-order valence-electron chi connectivity index (χ2n) is 6.10. The number of methoxy groups -OCH3 is 1. The first-order valence-electron chi connectivity index (χ1n) is 8.75. The Morgan fingerprint density at radius 2 is 1.94 bits per heavy atom. The van der Waals surface area contributed by atoms with Gasteiger partial charge in [0.2, 0.25) is 15.9 Å². The molecule has 1 rings (SSSR count). The second kappa shape index (κ2) is 12.0. The first-order valence-corrected chi connectivity index (χ1v) is 11.0. The number of rotatable bonds is 12. The fraction of sp³-hybridized carbons (Fsp3) is 0.333. The molecule has 0 aliphatic carbocycles. The topological polar surface area (TPSA) is 119 Å². The lowest BCUT2D eigenvalue weighted by Crippen LogP contribution is -2.41. The van der Waals surface area contributed by atoms with E-state index in [9.17, 15) is 35.6 Å². The maximum Gasteiger partial charge on any atom is 0.402 e. The lowest BCUT2D eigenvalue weighted by atomic mass is 10.2. The summed E-state index contributed by atoms with van der Waals surface area (Å²) >= 11 is 0.277. The Balaban J connectivity index is 3.18. The summed E-state index contributed by atoms with van der Waals surface area (Å²) in [6.45, 7) is 0.653. The predicted molar refractivity (Wildman–Crippen MR) is 111 cm³/mol. The van der Waals surface area contributed by atoms with Gasteiger partial charge in [-0.3, -0.25) is 9.59 Å². The van der Waals surface area contributed by atoms with E-state index < -0.39 is 57.6 Å². The van der Waals surface area contributed by atoms with Crippen molar-refractivity contribution >= 4 is 33.6 Å². The number of carbonyl (C=O) groups is 2. The zero-order chi connectivity index (χ0) is 24.5. The standard InChI is InChI=1S/C18H21F4N3O5S2/c1-12(24-17(27)13-5-3-4-6-14(13)19)31-16(8-7-15(23)26)32(28,29)25(9-10-30-2)11-18(20,21)22/h3-6,8H,1,7,9-11H2,2H3,(H2,23,26)(H,24,27). The number of primary amides is 1. The minimum atomic E-state index is -4.86. The van der Waals surface area contributed by atoms with Crippen molar-refractivity contribution in [3.05, 3.63) is 57.6 Å². The van der Waals surface area contributed by atoms with Crippen LogP contribution in [0, 0.1) is 5.82 Å². The van der Waals surface area contributed by atoms with Crippen LogP contribution in [0.1, 0.15) is 16.8 Å². The molecule has 0 fully saturated rings. The molecule has 0 bridgehead atoms. The average molecular weight is 500 g/mol. The predicted octanol–water partition coefficient (Wildman–Crippen LogP) is 2.32. The first-order chi connectivity index (χ1) is 14.8. The van der Waals surface area contributed by atoms with Crippen molar-refractivity contribution in [3.63, 3.8) is 0 Å². The van der Waals surface area contributed by atoms with E-state index in [2.05, 4.69) is 16.6 Å². The number of benzene rings is 1. The molecule has 0 radical (unpaired) electrons. The van der Waals surface area contributed by atoms with Crippen molar-refractivity contribution in [3.8, 4) is 0 Å². The number of carbonyl (C=O) groups excluding carboxylic acids is 2. The van der Waals surface area contributed by atoms with Crippen molar-refractivity contribution in [2.75, 3.05) is 26.8 Å². The monoisotopic (exact) mass is 499 g/mol. The zero-order valence-electron chi connectivity index (χ0n) is 16.8. The highest BCUT2D eigenvalue weighted by molar-refractivity contribution is 8.20. The van der Waals surface area contributed by atoms with E-state index in [4.69, 9.17) is 5.73 Å². The van der Waals surface area contributed by atoms with Gasteiger partial charge < -0.3 is 15.8 Å². The van der Waals surface area contributed by atoms with E-state index in [1.807, 2.05) is 0 Å². The van der Waals surface area contributed by atoms with Gasteiger partial charge in [-0.1, -0.05) is 30.5 Å². The number of thioether (sulfide) groups is 1. The van der Waals surface area contributed by atoms with Crippen LogP contribution >= 0.6 is 11.8 Å². The van der Waals surface area contributed by atoms with Crippen molar-refractivity contribution in [2.45, 2.75) is 12.6 Å². The molecule has 178 valence electrons. The molecule has 0 unspecified atom stereocenters. The Kier molecular flexibility index (Phi) is 10.3. The van der Waals surface area contributed by atoms with Crippen molar-refractivity contribution in [1.82, 2.24) is 9.62 Å². The van der Waals surface area contributed by atoms with Gasteiger partial charge >= 0.3 is 6.18 Å². The van der Waals surface area contributed by atoms with Gasteiger partial charge in [-0.25, -0.2) is 12.8 Å². The summed E-state index contributed by atoms with van der Waals surface area (Å²) in [4.78, 5) is 23.3. The smallest absolute Gasteiger partial charge is 0.383 e. The number of nitrogens with two attached hydrogens (primary N) is 1. The third kappa shape index (κ3) is 8.98. The highest BCUT2D eigenvalue weighted by Gasteiger charge is 2.38. The lowest BCUT2D eigenvalue weighted by Gasteiger charge is -2.24. The third-order valence-corrected chi connectivity index (χ3v) is 6.82. The van der Waals surface area contributed by atoms with E-state index in [-0.39, 0.29) is 33.3 Å². The van der Waals surface area contributed by atoms with Gasteiger partial charge in [-0.2, -0.15) is 17.5 Å². The molecule has 1 aromatic rings. The Bertz CT molecular complexity index is 981. The fourth-order valence-electron chi connectivity index (χ4n) is 2.17. The maximum atomic E-state index is 13.8. The minimum absolute atomic E-state index is 0.113. The quantitative estimate of drug-likeness (QED) is 0.426. The van der Waals surface area contributed by atoms with E-state index >= 15 is 0 Å². The first kappa shape index (κ1) is 27.6. The van der Waals surface area contributed by atoms with Crippen LogP contribution in [-0.2, 0) is 19.6 Å². The number of alkyl halides is 3.